The molecule has 0 saturated carbocycles. The van der Waals surface area contributed by atoms with Crippen LogP contribution in [0.4, 0.5) is 11.4 Å². The second-order valence-electron chi connectivity index (χ2n) is 6.07. The van der Waals surface area contributed by atoms with Crippen molar-refractivity contribution in [2.45, 2.75) is 25.7 Å². The first-order valence-electron chi connectivity index (χ1n) is 8.84. The van der Waals surface area contributed by atoms with Gasteiger partial charge in [-0.2, -0.15) is 0 Å². The van der Waals surface area contributed by atoms with Gasteiger partial charge in [-0.25, -0.2) is 13.1 Å². The third-order valence-corrected chi connectivity index (χ3v) is 5.56. The molecule has 0 unspecified atom stereocenters. The Bertz CT molecular complexity index is 1050. The summed E-state index contributed by atoms with van der Waals surface area (Å²) in [5, 5.41) is 4.30. The number of benzene rings is 2. The van der Waals surface area contributed by atoms with Crippen LogP contribution in [0.25, 0.3) is 10.9 Å². The van der Waals surface area contributed by atoms with Gasteiger partial charge in [0.05, 0.1) is 17.0 Å². The van der Waals surface area contributed by atoms with E-state index in [1.807, 2.05) is 38.1 Å². The molecule has 0 bridgehead atoms. The van der Waals surface area contributed by atoms with E-state index in [-0.39, 0.29) is 4.90 Å². The Morgan fingerprint density at radius 1 is 1.04 bits per heavy atom. The van der Waals surface area contributed by atoms with Gasteiger partial charge in [-0.3, -0.25) is 4.98 Å². The summed E-state index contributed by atoms with van der Waals surface area (Å²) in [4.78, 5) is 4.80. The van der Waals surface area contributed by atoms with Crippen LogP contribution in [-0.2, 0) is 10.0 Å². The molecule has 0 radical (unpaired) electrons. The highest BCUT2D eigenvalue weighted by Gasteiger charge is 2.12. The van der Waals surface area contributed by atoms with E-state index in [4.69, 9.17) is 4.74 Å². The smallest absolute Gasteiger partial charge is 0.240 e. The molecule has 1 aromatic heterocycles. The van der Waals surface area contributed by atoms with Gasteiger partial charge in [0.25, 0.3) is 0 Å². The number of rotatable bonds is 7. The third kappa shape index (κ3) is 4.37. The van der Waals surface area contributed by atoms with Gasteiger partial charge >= 0.3 is 0 Å². The summed E-state index contributed by atoms with van der Waals surface area (Å²) in [6.07, 6.45) is 0. The molecule has 0 saturated heterocycles. The number of nitrogens with zero attached hydrogens (tertiary/aromatic N) is 1. The molecule has 7 heteroatoms. The highest BCUT2D eigenvalue weighted by molar-refractivity contribution is 7.89. The minimum absolute atomic E-state index is 0.240. The topological polar surface area (TPSA) is 80.3 Å². The molecule has 0 aliphatic heterocycles. The van der Waals surface area contributed by atoms with E-state index in [1.165, 1.54) is 0 Å². The Hall–Kier alpha value is -2.64. The van der Waals surface area contributed by atoms with E-state index in [2.05, 4.69) is 15.0 Å². The summed E-state index contributed by atoms with van der Waals surface area (Å²) in [6, 6.07) is 14.4. The normalized spacial score (nSPS) is 11.5. The number of nitrogens with one attached hydrogen (secondary N) is 2. The first-order valence-corrected chi connectivity index (χ1v) is 10.3. The Labute approximate surface area is 159 Å². The van der Waals surface area contributed by atoms with Crippen LogP contribution < -0.4 is 14.8 Å². The Morgan fingerprint density at radius 3 is 2.44 bits per heavy atom. The van der Waals surface area contributed by atoms with Gasteiger partial charge < -0.3 is 10.1 Å². The Morgan fingerprint density at radius 2 is 1.78 bits per heavy atom. The van der Waals surface area contributed by atoms with E-state index in [0.717, 1.165) is 33.7 Å². The molecule has 0 aliphatic carbocycles. The standard InChI is InChI=1S/C20H23N3O3S/c1-4-21-27(24,25)17-9-6-15(7-10-17)23-20-12-14(3)22-19-11-8-16(26-5-2)13-18(19)20/h6-13,21H,4-5H2,1-3H3,(H,22,23). The molecule has 0 aliphatic rings. The van der Waals surface area contributed by atoms with Crippen LogP contribution in [0.1, 0.15) is 19.5 Å². The van der Waals surface area contributed by atoms with Gasteiger partial charge in [0.1, 0.15) is 5.75 Å². The van der Waals surface area contributed by atoms with Crippen molar-refractivity contribution in [3.63, 3.8) is 0 Å². The zero-order valence-electron chi connectivity index (χ0n) is 15.6. The predicted octanol–water partition coefficient (Wildman–Crippen LogP) is 3.98. The summed E-state index contributed by atoms with van der Waals surface area (Å²) < 4.78 is 32.2. The van der Waals surface area contributed by atoms with Crippen LogP contribution in [0.5, 0.6) is 5.75 Å². The van der Waals surface area contributed by atoms with Crippen molar-refractivity contribution >= 4 is 32.3 Å². The van der Waals surface area contributed by atoms with Crippen molar-refractivity contribution < 1.29 is 13.2 Å². The van der Waals surface area contributed by atoms with E-state index >= 15 is 0 Å². The predicted molar refractivity (Wildman–Crippen MR) is 108 cm³/mol. The summed E-state index contributed by atoms with van der Waals surface area (Å²) in [6.45, 7) is 6.58. The maximum atomic E-state index is 12.1. The molecule has 27 heavy (non-hydrogen) atoms. The van der Waals surface area contributed by atoms with Gasteiger partial charge in [0.2, 0.25) is 10.0 Å². The van der Waals surface area contributed by atoms with Crippen LogP contribution in [0.3, 0.4) is 0 Å². The number of pyridine rings is 1. The van der Waals surface area contributed by atoms with Crippen LogP contribution in [0, 0.1) is 6.92 Å². The number of aromatic nitrogens is 1. The maximum Gasteiger partial charge on any atom is 0.240 e. The van der Waals surface area contributed by atoms with Gasteiger partial charge in [-0.15, -0.1) is 0 Å². The van der Waals surface area contributed by atoms with Gasteiger partial charge in [-0.05, 0) is 62.4 Å². The van der Waals surface area contributed by atoms with Crippen molar-refractivity contribution in [1.82, 2.24) is 9.71 Å². The lowest BCUT2D eigenvalue weighted by Gasteiger charge is -2.13. The largest absolute Gasteiger partial charge is 0.494 e. The van der Waals surface area contributed by atoms with Crippen molar-refractivity contribution in [3.05, 3.63) is 54.2 Å². The molecule has 142 valence electrons. The van der Waals surface area contributed by atoms with Crippen LogP contribution >= 0.6 is 0 Å². The monoisotopic (exact) mass is 385 g/mol. The molecule has 6 nitrogen and oxygen atoms in total. The van der Waals surface area contributed by atoms with Crippen LogP contribution in [0.15, 0.2) is 53.4 Å². The van der Waals surface area contributed by atoms with E-state index in [1.54, 1.807) is 31.2 Å². The number of sulfonamides is 1. The minimum atomic E-state index is -3.46. The Balaban J connectivity index is 1.95. The molecule has 3 rings (SSSR count). The fourth-order valence-corrected chi connectivity index (χ4v) is 3.88. The molecule has 0 fully saturated rings. The average Bonchev–Trinajstić information content (AvgIpc) is 2.63. The second-order valence-corrected chi connectivity index (χ2v) is 7.84. The number of fused-ring (bicyclic) bond motifs is 1. The summed E-state index contributed by atoms with van der Waals surface area (Å²) in [5.74, 6) is 0.783. The zero-order valence-corrected chi connectivity index (χ0v) is 16.4. The van der Waals surface area contributed by atoms with Crippen molar-refractivity contribution in [3.8, 4) is 5.75 Å². The maximum absolute atomic E-state index is 12.1. The van der Waals surface area contributed by atoms with Gasteiger partial charge in [-0.1, -0.05) is 6.92 Å². The highest BCUT2D eigenvalue weighted by atomic mass is 32.2. The number of anilines is 2. The molecular weight excluding hydrogens is 362 g/mol. The van der Waals surface area contributed by atoms with E-state index in [9.17, 15) is 8.42 Å². The summed E-state index contributed by atoms with van der Waals surface area (Å²) in [5.41, 5.74) is 3.44. The summed E-state index contributed by atoms with van der Waals surface area (Å²) >= 11 is 0. The van der Waals surface area contributed by atoms with E-state index < -0.39 is 10.0 Å². The molecule has 1 heterocycles. The molecule has 0 spiro atoms. The fraction of sp³-hybridized carbons (Fsp3) is 0.250. The average molecular weight is 385 g/mol. The molecule has 0 atom stereocenters. The number of aryl methyl sites for hydroxylation is 1. The first kappa shape index (κ1) is 19.1. The lowest BCUT2D eigenvalue weighted by Crippen LogP contribution is -2.22. The second kappa shape index (κ2) is 7.94. The quantitative estimate of drug-likeness (QED) is 0.643. The zero-order chi connectivity index (χ0) is 19.4. The minimum Gasteiger partial charge on any atom is -0.494 e. The summed E-state index contributed by atoms with van der Waals surface area (Å²) in [7, 11) is -3.46. The SMILES string of the molecule is CCNS(=O)(=O)c1ccc(Nc2cc(C)nc3ccc(OCC)cc23)cc1. The highest BCUT2D eigenvalue weighted by Crippen LogP contribution is 2.30. The van der Waals surface area contributed by atoms with Crippen molar-refractivity contribution in [1.29, 1.82) is 0 Å². The van der Waals surface area contributed by atoms with Gasteiger partial charge in [0, 0.05) is 29.0 Å². The van der Waals surface area contributed by atoms with Crippen LogP contribution in [-0.4, -0.2) is 26.6 Å². The van der Waals surface area contributed by atoms with Gasteiger partial charge in [0.15, 0.2) is 0 Å². The van der Waals surface area contributed by atoms with Crippen molar-refractivity contribution in [2.75, 3.05) is 18.5 Å². The van der Waals surface area contributed by atoms with Crippen LogP contribution in [0.2, 0.25) is 0 Å². The Kier molecular flexibility index (Phi) is 5.62. The number of hydrogen-bond donors (Lipinski definition) is 2. The third-order valence-electron chi connectivity index (χ3n) is 4.00. The molecular formula is C20H23N3O3S. The number of ether oxygens (including phenoxy) is 1. The molecule has 2 aromatic carbocycles. The first-order chi connectivity index (χ1) is 12.9. The molecule has 3 aromatic rings. The fourth-order valence-electron chi connectivity index (χ4n) is 2.84. The molecule has 0 amide bonds. The van der Waals surface area contributed by atoms with E-state index in [0.29, 0.717) is 13.2 Å². The van der Waals surface area contributed by atoms with Crippen molar-refractivity contribution in [2.24, 2.45) is 0 Å². The number of hydrogen-bond acceptors (Lipinski definition) is 5. The lowest BCUT2D eigenvalue weighted by atomic mass is 10.1. The molecule has 2 N–H and O–H groups in total. The lowest BCUT2D eigenvalue weighted by molar-refractivity contribution is 0.340.